The molecule has 5 heteroatoms. The van der Waals surface area contributed by atoms with Gasteiger partial charge in [0.1, 0.15) is 0 Å². The molecule has 0 unspecified atom stereocenters. The molecule has 1 aliphatic rings. The highest BCUT2D eigenvalue weighted by atomic mass is 16.5. The lowest BCUT2D eigenvalue weighted by molar-refractivity contribution is 0.168. The Bertz CT molecular complexity index is 508. The maximum Gasteiger partial charge on any atom is 0.411 e. The van der Waals surface area contributed by atoms with Gasteiger partial charge in [-0.3, -0.25) is 5.32 Å². The van der Waals surface area contributed by atoms with E-state index in [2.05, 4.69) is 16.3 Å². The van der Waals surface area contributed by atoms with E-state index in [1.807, 2.05) is 13.8 Å². The van der Waals surface area contributed by atoms with E-state index in [-0.39, 0.29) is 0 Å². The number of nitrogen functional groups attached to an aromatic ring is 1. The van der Waals surface area contributed by atoms with Crippen LogP contribution in [0.15, 0.2) is 6.07 Å². The molecule has 1 aromatic carbocycles. The van der Waals surface area contributed by atoms with Crippen LogP contribution in [0, 0.1) is 13.8 Å². The minimum Gasteiger partial charge on any atom is -0.450 e. The Hall–Kier alpha value is -1.91. The SMILES string of the molecule is CCOC(=O)Nc1c(C)cc(N2CCCC2)c(C)c1N. The number of carbonyl (C=O) groups is 1. The number of hydrogen-bond donors (Lipinski definition) is 2. The van der Waals surface area contributed by atoms with Gasteiger partial charge in [0.2, 0.25) is 0 Å². The predicted octanol–water partition coefficient (Wildman–Crippen LogP) is 3.05. The van der Waals surface area contributed by atoms with Gasteiger partial charge in [-0.25, -0.2) is 4.79 Å². The van der Waals surface area contributed by atoms with E-state index in [1.165, 1.54) is 18.5 Å². The van der Waals surface area contributed by atoms with Crippen molar-refractivity contribution in [3.63, 3.8) is 0 Å². The first kappa shape index (κ1) is 14.5. The first-order valence-corrected chi connectivity index (χ1v) is 7.13. The Morgan fingerprint density at radius 3 is 2.65 bits per heavy atom. The van der Waals surface area contributed by atoms with Crippen molar-refractivity contribution in [2.45, 2.75) is 33.6 Å². The predicted molar refractivity (Wildman–Crippen MR) is 82.4 cm³/mol. The van der Waals surface area contributed by atoms with Crippen LogP contribution in [-0.2, 0) is 4.74 Å². The van der Waals surface area contributed by atoms with Gasteiger partial charge >= 0.3 is 6.09 Å². The van der Waals surface area contributed by atoms with Crippen molar-refractivity contribution >= 4 is 23.2 Å². The van der Waals surface area contributed by atoms with Crippen molar-refractivity contribution in [1.82, 2.24) is 0 Å². The van der Waals surface area contributed by atoms with Crippen LogP contribution in [0.1, 0.15) is 30.9 Å². The maximum atomic E-state index is 11.6. The van der Waals surface area contributed by atoms with E-state index in [1.54, 1.807) is 6.92 Å². The first-order chi connectivity index (χ1) is 9.54. The van der Waals surface area contributed by atoms with Crippen molar-refractivity contribution < 1.29 is 9.53 Å². The summed E-state index contributed by atoms with van der Waals surface area (Å²) < 4.78 is 4.91. The van der Waals surface area contributed by atoms with Crippen molar-refractivity contribution in [3.05, 3.63) is 17.2 Å². The molecular formula is C15H23N3O2. The molecule has 5 nitrogen and oxygen atoms in total. The van der Waals surface area contributed by atoms with Crippen LogP contribution in [-0.4, -0.2) is 25.8 Å². The molecule has 3 N–H and O–H groups in total. The highest BCUT2D eigenvalue weighted by Crippen LogP contribution is 2.36. The van der Waals surface area contributed by atoms with Crippen molar-refractivity contribution in [2.24, 2.45) is 0 Å². The van der Waals surface area contributed by atoms with Crippen LogP contribution in [0.2, 0.25) is 0 Å². The van der Waals surface area contributed by atoms with Crippen LogP contribution >= 0.6 is 0 Å². The molecule has 110 valence electrons. The molecule has 1 aliphatic heterocycles. The molecule has 0 spiro atoms. The zero-order chi connectivity index (χ0) is 14.7. The number of ether oxygens (including phenoxy) is 1. The standard InChI is InChI=1S/C15H23N3O2/c1-4-20-15(19)17-14-10(2)9-12(11(3)13(14)16)18-7-5-6-8-18/h9H,4-8,16H2,1-3H3,(H,17,19). The summed E-state index contributed by atoms with van der Waals surface area (Å²) in [5, 5.41) is 2.73. The second kappa shape index (κ2) is 6.03. The molecule has 1 amide bonds. The third-order valence-electron chi connectivity index (χ3n) is 3.75. The van der Waals surface area contributed by atoms with E-state index < -0.39 is 6.09 Å². The zero-order valence-electron chi connectivity index (χ0n) is 12.5. The van der Waals surface area contributed by atoms with Gasteiger partial charge in [-0.05, 0) is 50.8 Å². The number of hydrogen-bond acceptors (Lipinski definition) is 4. The second-order valence-corrected chi connectivity index (χ2v) is 5.17. The number of nitrogens with one attached hydrogen (secondary N) is 1. The van der Waals surface area contributed by atoms with Crippen molar-refractivity contribution in [1.29, 1.82) is 0 Å². The van der Waals surface area contributed by atoms with Gasteiger partial charge in [0.05, 0.1) is 18.0 Å². The van der Waals surface area contributed by atoms with Crippen LogP contribution in [0.4, 0.5) is 21.9 Å². The Labute approximate surface area is 120 Å². The van der Waals surface area contributed by atoms with E-state index in [4.69, 9.17) is 10.5 Å². The number of nitrogens with zero attached hydrogens (tertiary/aromatic N) is 1. The summed E-state index contributed by atoms with van der Waals surface area (Å²) in [6.45, 7) is 8.22. The molecule has 1 fully saturated rings. The number of carbonyl (C=O) groups excluding carboxylic acids is 1. The molecule has 2 rings (SSSR count). The summed E-state index contributed by atoms with van der Waals surface area (Å²) in [4.78, 5) is 13.9. The van der Waals surface area contributed by atoms with E-state index >= 15 is 0 Å². The highest BCUT2D eigenvalue weighted by molar-refractivity contribution is 5.93. The lowest BCUT2D eigenvalue weighted by Gasteiger charge is -2.24. The van der Waals surface area contributed by atoms with Crippen molar-refractivity contribution in [3.8, 4) is 0 Å². The number of aryl methyl sites for hydroxylation is 1. The first-order valence-electron chi connectivity index (χ1n) is 7.13. The average molecular weight is 277 g/mol. The second-order valence-electron chi connectivity index (χ2n) is 5.17. The number of benzene rings is 1. The molecule has 1 saturated heterocycles. The summed E-state index contributed by atoms with van der Waals surface area (Å²) >= 11 is 0. The summed E-state index contributed by atoms with van der Waals surface area (Å²) in [6, 6.07) is 2.10. The normalized spacial score (nSPS) is 14.4. The van der Waals surface area contributed by atoms with Gasteiger partial charge in [-0.2, -0.15) is 0 Å². The third-order valence-corrected chi connectivity index (χ3v) is 3.75. The molecule has 0 radical (unpaired) electrons. The van der Waals surface area contributed by atoms with Gasteiger partial charge in [0.15, 0.2) is 0 Å². The molecule has 0 bridgehead atoms. The van der Waals surface area contributed by atoms with Gasteiger partial charge in [-0.1, -0.05) is 0 Å². The monoisotopic (exact) mass is 277 g/mol. The third kappa shape index (κ3) is 2.81. The maximum absolute atomic E-state index is 11.6. The number of nitrogens with two attached hydrogens (primary N) is 1. The lowest BCUT2D eigenvalue weighted by atomic mass is 10.0. The van der Waals surface area contributed by atoms with Gasteiger partial charge in [0, 0.05) is 18.8 Å². The van der Waals surface area contributed by atoms with Crippen molar-refractivity contribution in [2.75, 3.05) is 35.6 Å². The minimum absolute atomic E-state index is 0.343. The fraction of sp³-hybridized carbons (Fsp3) is 0.533. The summed E-state index contributed by atoms with van der Waals surface area (Å²) in [5.41, 5.74) is 10.6. The van der Waals surface area contributed by atoms with Crippen LogP contribution in [0.5, 0.6) is 0 Å². The summed E-state index contributed by atoms with van der Waals surface area (Å²) in [5.74, 6) is 0. The fourth-order valence-electron chi connectivity index (χ4n) is 2.65. The Kier molecular flexibility index (Phi) is 4.37. The minimum atomic E-state index is -0.462. The molecule has 0 atom stereocenters. The topological polar surface area (TPSA) is 67.6 Å². The summed E-state index contributed by atoms with van der Waals surface area (Å²) in [7, 11) is 0. The Balaban J connectivity index is 2.31. The van der Waals surface area contributed by atoms with Gasteiger partial charge in [-0.15, -0.1) is 0 Å². The highest BCUT2D eigenvalue weighted by Gasteiger charge is 2.19. The summed E-state index contributed by atoms with van der Waals surface area (Å²) in [6.07, 6.45) is 1.98. The number of anilines is 3. The van der Waals surface area contributed by atoms with Gasteiger partial charge < -0.3 is 15.4 Å². The zero-order valence-corrected chi connectivity index (χ0v) is 12.5. The fourth-order valence-corrected chi connectivity index (χ4v) is 2.65. The van der Waals surface area contributed by atoms with Crippen LogP contribution in [0.25, 0.3) is 0 Å². The molecule has 0 aliphatic carbocycles. The smallest absolute Gasteiger partial charge is 0.411 e. The quantitative estimate of drug-likeness (QED) is 0.833. The Morgan fingerprint density at radius 2 is 2.05 bits per heavy atom. The van der Waals surface area contributed by atoms with Crippen LogP contribution in [0.3, 0.4) is 0 Å². The van der Waals surface area contributed by atoms with Crippen LogP contribution < -0.4 is 16.0 Å². The van der Waals surface area contributed by atoms with E-state index in [9.17, 15) is 4.79 Å². The molecule has 20 heavy (non-hydrogen) atoms. The average Bonchev–Trinajstić information content (AvgIpc) is 2.93. The van der Waals surface area contributed by atoms with Gasteiger partial charge in [0.25, 0.3) is 0 Å². The largest absolute Gasteiger partial charge is 0.450 e. The van der Waals surface area contributed by atoms with E-state index in [0.29, 0.717) is 18.0 Å². The number of amides is 1. The van der Waals surface area contributed by atoms with E-state index in [0.717, 1.165) is 24.2 Å². The molecule has 1 heterocycles. The molecule has 1 aromatic rings. The number of rotatable bonds is 3. The Morgan fingerprint density at radius 1 is 1.40 bits per heavy atom. The molecule has 0 saturated carbocycles. The molecular weight excluding hydrogens is 254 g/mol. The lowest BCUT2D eigenvalue weighted by Crippen LogP contribution is -2.21. The molecule has 0 aromatic heterocycles.